The maximum absolute atomic E-state index is 12.0. The molecule has 24 heavy (non-hydrogen) atoms. The first-order valence-electron chi connectivity index (χ1n) is 8.54. The van der Waals surface area contributed by atoms with E-state index < -0.39 is 0 Å². The van der Waals surface area contributed by atoms with Gasteiger partial charge in [-0.1, -0.05) is 24.3 Å². The number of hydrogen-bond acceptors (Lipinski definition) is 3. The summed E-state index contributed by atoms with van der Waals surface area (Å²) in [5.41, 5.74) is 3.56. The van der Waals surface area contributed by atoms with Crippen molar-refractivity contribution in [3.63, 3.8) is 0 Å². The Hall–Kier alpha value is -2.34. The van der Waals surface area contributed by atoms with Gasteiger partial charge in [-0.3, -0.25) is 9.58 Å². The molecule has 2 aromatic rings. The highest BCUT2D eigenvalue weighted by Crippen LogP contribution is 2.19. The fourth-order valence-corrected chi connectivity index (χ4v) is 3.04. The van der Waals surface area contributed by atoms with E-state index in [-0.39, 0.29) is 6.03 Å². The van der Waals surface area contributed by atoms with Gasteiger partial charge in [0.2, 0.25) is 0 Å². The minimum absolute atomic E-state index is 0.185. The Morgan fingerprint density at radius 1 is 1.33 bits per heavy atom. The van der Waals surface area contributed by atoms with Gasteiger partial charge in [0.15, 0.2) is 0 Å². The van der Waals surface area contributed by atoms with Gasteiger partial charge >= 0.3 is 6.03 Å². The van der Waals surface area contributed by atoms with Gasteiger partial charge in [-0.05, 0) is 31.4 Å². The van der Waals surface area contributed by atoms with Crippen LogP contribution in [0.3, 0.4) is 0 Å². The fraction of sp³-hybridized carbons (Fsp3) is 0.444. The van der Waals surface area contributed by atoms with E-state index in [1.165, 1.54) is 11.1 Å². The molecular weight excluding hydrogens is 302 g/mol. The molecule has 1 unspecified atom stereocenters. The van der Waals surface area contributed by atoms with Crippen molar-refractivity contribution in [1.82, 2.24) is 20.0 Å². The normalized spacial score (nSPS) is 15.6. The van der Waals surface area contributed by atoms with Crippen molar-refractivity contribution in [2.75, 3.05) is 18.4 Å². The van der Waals surface area contributed by atoms with Crippen LogP contribution in [0.25, 0.3) is 0 Å². The summed E-state index contributed by atoms with van der Waals surface area (Å²) in [5.74, 6) is 0. The van der Waals surface area contributed by atoms with Crippen molar-refractivity contribution in [2.24, 2.45) is 0 Å². The van der Waals surface area contributed by atoms with Crippen molar-refractivity contribution in [3.05, 3.63) is 47.8 Å². The summed E-state index contributed by atoms with van der Waals surface area (Å²) in [7, 11) is 0. The van der Waals surface area contributed by atoms with Crippen LogP contribution in [0.15, 0.2) is 36.7 Å². The Morgan fingerprint density at radius 2 is 2.12 bits per heavy atom. The Morgan fingerprint density at radius 3 is 2.88 bits per heavy atom. The summed E-state index contributed by atoms with van der Waals surface area (Å²) >= 11 is 0. The molecule has 0 saturated heterocycles. The third-order valence-electron chi connectivity index (χ3n) is 4.56. The number of rotatable bonds is 5. The maximum atomic E-state index is 12.0. The molecule has 6 nitrogen and oxygen atoms in total. The number of fused-ring (bicyclic) bond motifs is 1. The summed E-state index contributed by atoms with van der Waals surface area (Å²) < 4.78 is 1.78. The SMILES string of the molecule is CCn1cc(NC(=O)NCC(C)N2CCc3ccccc3C2)cn1. The van der Waals surface area contributed by atoms with Gasteiger partial charge in [0, 0.05) is 38.4 Å². The van der Waals surface area contributed by atoms with E-state index in [9.17, 15) is 4.79 Å². The quantitative estimate of drug-likeness (QED) is 0.887. The number of amides is 2. The van der Waals surface area contributed by atoms with Crippen LogP contribution in [0, 0.1) is 0 Å². The third kappa shape index (κ3) is 3.94. The summed E-state index contributed by atoms with van der Waals surface area (Å²) in [5, 5.41) is 9.91. The number of nitrogens with zero attached hydrogens (tertiary/aromatic N) is 3. The number of aromatic nitrogens is 2. The molecule has 0 fully saturated rings. The van der Waals surface area contributed by atoms with Crippen LogP contribution in [0.2, 0.25) is 0 Å². The van der Waals surface area contributed by atoms with Crippen molar-refractivity contribution < 1.29 is 4.79 Å². The highest BCUT2D eigenvalue weighted by molar-refractivity contribution is 5.88. The van der Waals surface area contributed by atoms with Gasteiger partial charge in [0.1, 0.15) is 0 Å². The van der Waals surface area contributed by atoms with Crippen LogP contribution < -0.4 is 10.6 Å². The van der Waals surface area contributed by atoms with Gasteiger partial charge in [0.25, 0.3) is 0 Å². The molecule has 128 valence electrons. The van der Waals surface area contributed by atoms with Crippen molar-refractivity contribution >= 4 is 11.7 Å². The number of hydrogen-bond donors (Lipinski definition) is 2. The maximum Gasteiger partial charge on any atom is 0.319 e. The molecule has 0 aliphatic carbocycles. The summed E-state index contributed by atoms with van der Waals surface area (Å²) in [4.78, 5) is 14.4. The molecule has 3 rings (SSSR count). The molecule has 0 bridgehead atoms. The smallest absolute Gasteiger partial charge is 0.319 e. The van der Waals surface area contributed by atoms with E-state index in [2.05, 4.69) is 51.8 Å². The molecule has 2 N–H and O–H groups in total. The summed E-state index contributed by atoms with van der Waals surface area (Å²) in [6, 6.07) is 8.70. The number of urea groups is 1. The fourth-order valence-electron chi connectivity index (χ4n) is 3.04. The van der Waals surface area contributed by atoms with Crippen LogP contribution in [-0.4, -0.2) is 39.8 Å². The van der Waals surface area contributed by atoms with Crippen LogP contribution in [0.1, 0.15) is 25.0 Å². The molecule has 0 radical (unpaired) electrons. The minimum Gasteiger partial charge on any atom is -0.336 e. The molecule has 6 heteroatoms. The highest BCUT2D eigenvalue weighted by atomic mass is 16.2. The highest BCUT2D eigenvalue weighted by Gasteiger charge is 2.20. The second-order valence-electron chi connectivity index (χ2n) is 6.26. The molecule has 1 atom stereocenters. The monoisotopic (exact) mass is 327 g/mol. The predicted molar refractivity (Wildman–Crippen MR) is 94.9 cm³/mol. The van der Waals surface area contributed by atoms with Crippen molar-refractivity contribution in [2.45, 2.75) is 39.4 Å². The Kier molecular flexibility index (Phi) is 5.15. The van der Waals surface area contributed by atoms with Gasteiger partial charge in [-0.2, -0.15) is 5.10 Å². The van der Waals surface area contributed by atoms with E-state index in [0.29, 0.717) is 18.3 Å². The molecule has 1 aromatic carbocycles. The van der Waals surface area contributed by atoms with Crippen molar-refractivity contribution in [3.8, 4) is 0 Å². The topological polar surface area (TPSA) is 62.2 Å². The van der Waals surface area contributed by atoms with E-state index >= 15 is 0 Å². The largest absolute Gasteiger partial charge is 0.336 e. The molecule has 1 aliphatic heterocycles. The molecule has 2 heterocycles. The summed E-state index contributed by atoms with van der Waals surface area (Å²) in [6.07, 6.45) is 4.56. The molecule has 2 amide bonds. The number of carbonyl (C=O) groups is 1. The van der Waals surface area contributed by atoms with Crippen LogP contribution in [0.4, 0.5) is 10.5 Å². The second-order valence-corrected chi connectivity index (χ2v) is 6.26. The average Bonchev–Trinajstić information content (AvgIpc) is 3.06. The standard InChI is InChI=1S/C18H25N5O/c1-3-23-13-17(11-20-23)21-18(24)19-10-14(2)22-9-8-15-6-4-5-7-16(15)12-22/h4-7,11,13-14H,3,8-10,12H2,1-2H3,(H2,19,21,24). The Labute approximate surface area is 142 Å². The van der Waals surface area contributed by atoms with E-state index in [1.807, 2.05) is 13.1 Å². The predicted octanol–water partition coefficient (Wildman–Crippen LogP) is 2.47. The Balaban J connectivity index is 1.47. The first kappa shape index (κ1) is 16.5. The van der Waals surface area contributed by atoms with Crippen LogP contribution in [0.5, 0.6) is 0 Å². The number of benzene rings is 1. The lowest BCUT2D eigenvalue weighted by molar-refractivity contribution is 0.186. The zero-order valence-electron chi connectivity index (χ0n) is 14.3. The molecular formula is C18H25N5O. The zero-order chi connectivity index (χ0) is 16.9. The lowest BCUT2D eigenvalue weighted by atomic mass is 9.99. The van der Waals surface area contributed by atoms with E-state index in [1.54, 1.807) is 10.9 Å². The molecule has 1 aromatic heterocycles. The van der Waals surface area contributed by atoms with Gasteiger partial charge in [0.05, 0.1) is 11.9 Å². The molecule has 0 saturated carbocycles. The van der Waals surface area contributed by atoms with Gasteiger partial charge in [-0.15, -0.1) is 0 Å². The second kappa shape index (κ2) is 7.49. The number of aryl methyl sites for hydroxylation is 1. The number of anilines is 1. The molecule has 0 spiro atoms. The lowest BCUT2D eigenvalue weighted by Crippen LogP contribution is -2.45. The van der Waals surface area contributed by atoms with Crippen molar-refractivity contribution in [1.29, 1.82) is 0 Å². The van der Waals surface area contributed by atoms with Crippen LogP contribution in [-0.2, 0) is 19.5 Å². The minimum atomic E-state index is -0.185. The lowest BCUT2D eigenvalue weighted by Gasteiger charge is -2.33. The van der Waals surface area contributed by atoms with Gasteiger partial charge < -0.3 is 10.6 Å². The van der Waals surface area contributed by atoms with E-state index in [4.69, 9.17) is 0 Å². The zero-order valence-corrected chi connectivity index (χ0v) is 14.3. The van der Waals surface area contributed by atoms with E-state index in [0.717, 1.165) is 26.1 Å². The van der Waals surface area contributed by atoms with Gasteiger partial charge in [-0.25, -0.2) is 4.79 Å². The first-order chi connectivity index (χ1) is 11.7. The number of nitrogens with one attached hydrogen (secondary N) is 2. The number of carbonyl (C=O) groups excluding carboxylic acids is 1. The third-order valence-corrected chi connectivity index (χ3v) is 4.56. The Bertz CT molecular complexity index is 696. The van der Waals surface area contributed by atoms with Crippen LogP contribution >= 0.6 is 0 Å². The first-order valence-corrected chi connectivity index (χ1v) is 8.54. The summed E-state index contributed by atoms with van der Waals surface area (Å²) in [6.45, 7) is 7.56. The molecule has 1 aliphatic rings. The average molecular weight is 327 g/mol.